The van der Waals surface area contributed by atoms with Crippen LogP contribution in [-0.4, -0.2) is 9.36 Å². The minimum atomic E-state index is -0.0998. The van der Waals surface area contributed by atoms with Gasteiger partial charge in [-0.05, 0) is 12.8 Å². The van der Waals surface area contributed by atoms with Gasteiger partial charge in [0.2, 0.25) is 0 Å². The van der Waals surface area contributed by atoms with Crippen LogP contribution in [0.25, 0.3) is 0 Å². The Labute approximate surface area is 103 Å². The molecule has 0 bridgehead atoms. The average Bonchev–Trinajstić information content (AvgIpc) is 2.43. The lowest BCUT2D eigenvalue weighted by Gasteiger charge is -2.23. The second kappa shape index (κ2) is 4.98. The van der Waals surface area contributed by atoms with Gasteiger partial charge in [0, 0.05) is 18.5 Å². The molecule has 0 saturated carbocycles. The summed E-state index contributed by atoms with van der Waals surface area (Å²) in [4.78, 5) is 12.1. The molecule has 1 aromatic rings. The minimum Gasteiger partial charge on any atom is -0.393 e. The van der Waals surface area contributed by atoms with E-state index in [1.165, 1.54) is 0 Å². The molecule has 0 aliphatic rings. The normalized spacial score (nSPS) is 12.1. The molecule has 4 heteroatoms. The summed E-state index contributed by atoms with van der Waals surface area (Å²) in [6, 6.07) is 0. The SMILES string of the molecule is CCCn1c(C(C)(C)C)c(N)c(=O)n1CCC. The van der Waals surface area contributed by atoms with Crippen LogP contribution >= 0.6 is 0 Å². The summed E-state index contributed by atoms with van der Waals surface area (Å²) < 4.78 is 3.86. The van der Waals surface area contributed by atoms with Gasteiger partial charge in [-0.1, -0.05) is 34.6 Å². The van der Waals surface area contributed by atoms with Gasteiger partial charge in [-0.15, -0.1) is 0 Å². The third kappa shape index (κ3) is 2.56. The summed E-state index contributed by atoms with van der Waals surface area (Å²) in [5, 5.41) is 0. The van der Waals surface area contributed by atoms with Crippen molar-refractivity contribution in [2.24, 2.45) is 0 Å². The van der Waals surface area contributed by atoms with E-state index in [9.17, 15) is 4.79 Å². The van der Waals surface area contributed by atoms with Crippen molar-refractivity contribution in [3.8, 4) is 0 Å². The van der Waals surface area contributed by atoms with Crippen molar-refractivity contribution in [2.75, 3.05) is 5.73 Å². The zero-order chi connectivity index (χ0) is 13.2. The molecule has 0 saturated heterocycles. The molecule has 1 rings (SSSR count). The third-order valence-corrected chi connectivity index (χ3v) is 2.85. The molecule has 0 radical (unpaired) electrons. The van der Waals surface area contributed by atoms with Crippen LogP contribution in [-0.2, 0) is 18.5 Å². The number of nitrogen functional groups attached to an aromatic ring is 1. The van der Waals surface area contributed by atoms with E-state index in [4.69, 9.17) is 5.73 Å². The fourth-order valence-corrected chi connectivity index (χ4v) is 2.28. The number of nitrogens with zero attached hydrogens (tertiary/aromatic N) is 2. The van der Waals surface area contributed by atoms with Gasteiger partial charge in [-0.25, -0.2) is 4.68 Å². The molecule has 4 nitrogen and oxygen atoms in total. The Morgan fingerprint density at radius 3 is 1.94 bits per heavy atom. The molecule has 1 aromatic heterocycles. The number of aromatic nitrogens is 2. The standard InChI is InChI=1S/C13H25N3O/c1-6-8-15-11(13(3,4)5)10(14)12(17)16(15)9-7-2/h6-9,14H2,1-5H3. The number of nitrogens with two attached hydrogens (primary N) is 1. The number of anilines is 1. The lowest BCUT2D eigenvalue weighted by atomic mass is 9.91. The predicted octanol–water partition coefficient (Wildman–Crippen LogP) is 2.35. The van der Waals surface area contributed by atoms with Gasteiger partial charge in [0.05, 0.1) is 5.69 Å². The second-order valence-electron chi connectivity index (χ2n) is 5.56. The van der Waals surface area contributed by atoms with Crippen LogP contribution in [0.15, 0.2) is 4.79 Å². The largest absolute Gasteiger partial charge is 0.393 e. The predicted molar refractivity (Wildman–Crippen MR) is 72.4 cm³/mol. The van der Waals surface area contributed by atoms with Crippen LogP contribution in [0.4, 0.5) is 5.69 Å². The first kappa shape index (κ1) is 13.9. The summed E-state index contributed by atoms with van der Waals surface area (Å²) >= 11 is 0. The van der Waals surface area contributed by atoms with Crippen molar-refractivity contribution in [2.45, 2.75) is 66.0 Å². The van der Waals surface area contributed by atoms with Crippen molar-refractivity contribution in [1.82, 2.24) is 9.36 Å². The summed E-state index contributed by atoms with van der Waals surface area (Å²) in [6.45, 7) is 12.1. The first-order valence-electron chi connectivity index (χ1n) is 6.44. The smallest absolute Gasteiger partial charge is 0.290 e. The zero-order valence-corrected chi connectivity index (χ0v) is 11.7. The molecule has 0 unspecified atom stereocenters. The van der Waals surface area contributed by atoms with E-state index in [-0.39, 0.29) is 11.0 Å². The fraction of sp³-hybridized carbons (Fsp3) is 0.769. The van der Waals surface area contributed by atoms with Crippen molar-refractivity contribution < 1.29 is 0 Å². The summed E-state index contributed by atoms with van der Waals surface area (Å²) in [7, 11) is 0. The average molecular weight is 239 g/mol. The van der Waals surface area contributed by atoms with Gasteiger partial charge in [0.1, 0.15) is 5.69 Å². The highest BCUT2D eigenvalue weighted by molar-refractivity contribution is 5.45. The Bertz CT molecular complexity index is 435. The molecular formula is C13H25N3O. The lowest BCUT2D eigenvalue weighted by molar-refractivity contribution is 0.393. The molecule has 2 N–H and O–H groups in total. The van der Waals surface area contributed by atoms with Gasteiger partial charge < -0.3 is 5.73 Å². The van der Waals surface area contributed by atoms with E-state index in [2.05, 4.69) is 39.3 Å². The van der Waals surface area contributed by atoms with Crippen LogP contribution in [0.1, 0.15) is 53.2 Å². The molecule has 0 fully saturated rings. The van der Waals surface area contributed by atoms with E-state index in [0.29, 0.717) is 5.69 Å². The van der Waals surface area contributed by atoms with Crippen molar-refractivity contribution in [3.63, 3.8) is 0 Å². The maximum Gasteiger partial charge on any atom is 0.290 e. The van der Waals surface area contributed by atoms with Crippen LogP contribution in [0, 0.1) is 0 Å². The molecule has 0 aliphatic heterocycles. The summed E-state index contributed by atoms with van der Waals surface area (Å²) in [5.41, 5.74) is 7.25. The number of hydrogen-bond donors (Lipinski definition) is 1. The molecule has 0 spiro atoms. The highest BCUT2D eigenvalue weighted by Crippen LogP contribution is 2.26. The highest BCUT2D eigenvalue weighted by atomic mass is 16.1. The third-order valence-electron chi connectivity index (χ3n) is 2.85. The topological polar surface area (TPSA) is 52.9 Å². The van der Waals surface area contributed by atoms with Gasteiger partial charge >= 0.3 is 0 Å². The maximum absolute atomic E-state index is 12.1. The molecular weight excluding hydrogens is 214 g/mol. The quantitative estimate of drug-likeness (QED) is 0.877. The van der Waals surface area contributed by atoms with E-state index in [1.54, 1.807) is 4.68 Å². The summed E-state index contributed by atoms with van der Waals surface area (Å²) in [5.74, 6) is 0. The number of hydrogen-bond acceptors (Lipinski definition) is 2. The zero-order valence-electron chi connectivity index (χ0n) is 11.7. The Hall–Kier alpha value is -1.19. The van der Waals surface area contributed by atoms with Crippen LogP contribution < -0.4 is 11.3 Å². The Balaban J connectivity index is 3.47. The van der Waals surface area contributed by atoms with E-state index < -0.39 is 0 Å². The monoisotopic (exact) mass is 239 g/mol. The van der Waals surface area contributed by atoms with E-state index in [0.717, 1.165) is 31.6 Å². The number of rotatable bonds is 4. The highest BCUT2D eigenvalue weighted by Gasteiger charge is 2.26. The minimum absolute atomic E-state index is 0.0368. The van der Waals surface area contributed by atoms with Crippen molar-refractivity contribution in [3.05, 3.63) is 16.0 Å². The van der Waals surface area contributed by atoms with Crippen LogP contribution in [0.2, 0.25) is 0 Å². The molecule has 0 amide bonds. The van der Waals surface area contributed by atoms with Crippen LogP contribution in [0.3, 0.4) is 0 Å². The molecule has 17 heavy (non-hydrogen) atoms. The van der Waals surface area contributed by atoms with Gasteiger partial charge in [0.15, 0.2) is 0 Å². The molecule has 98 valence electrons. The van der Waals surface area contributed by atoms with Gasteiger partial charge in [-0.2, -0.15) is 0 Å². The van der Waals surface area contributed by atoms with Crippen LogP contribution in [0.5, 0.6) is 0 Å². The van der Waals surface area contributed by atoms with Gasteiger partial charge in [-0.3, -0.25) is 9.48 Å². The first-order chi connectivity index (χ1) is 7.84. The summed E-state index contributed by atoms with van der Waals surface area (Å²) in [6.07, 6.45) is 1.94. The van der Waals surface area contributed by atoms with Crippen molar-refractivity contribution in [1.29, 1.82) is 0 Å². The second-order valence-corrected chi connectivity index (χ2v) is 5.56. The molecule has 0 atom stereocenters. The maximum atomic E-state index is 12.1. The molecule has 0 aromatic carbocycles. The van der Waals surface area contributed by atoms with Gasteiger partial charge in [0.25, 0.3) is 5.56 Å². The first-order valence-corrected chi connectivity index (χ1v) is 6.44. The molecule has 0 aliphatic carbocycles. The molecule has 1 heterocycles. The van der Waals surface area contributed by atoms with E-state index in [1.807, 2.05) is 0 Å². The Morgan fingerprint density at radius 1 is 1.06 bits per heavy atom. The fourth-order valence-electron chi connectivity index (χ4n) is 2.28. The Morgan fingerprint density at radius 2 is 1.53 bits per heavy atom. The Kier molecular flexibility index (Phi) is 4.07. The van der Waals surface area contributed by atoms with E-state index >= 15 is 0 Å². The lowest BCUT2D eigenvalue weighted by Crippen LogP contribution is -2.26. The van der Waals surface area contributed by atoms with Crippen molar-refractivity contribution >= 4 is 5.69 Å².